The van der Waals surface area contributed by atoms with Crippen molar-refractivity contribution in [2.45, 2.75) is 18.9 Å². The summed E-state index contributed by atoms with van der Waals surface area (Å²) in [4.78, 5) is 23.3. The Morgan fingerprint density at radius 2 is 2.21 bits per heavy atom. The topological polar surface area (TPSA) is 52.6 Å². The van der Waals surface area contributed by atoms with Crippen molar-refractivity contribution in [1.82, 2.24) is 0 Å². The van der Waals surface area contributed by atoms with Gasteiger partial charge in [0.05, 0.1) is 12.0 Å². The molecule has 2 fully saturated rings. The van der Waals surface area contributed by atoms with Crippen LogP contribution in [0.3, 0.4) is 0 Å². The zero-order valence-corrected chi connectivity index (χ0v) is 8.04. The van der Waals surface area contributed by atoms with Crippen molar-refractivity contribution in [3.05, 3.63) is 12.7 Å². The number of ketones is 1. The van der Waals surface area contributed by atoms with Gasteiger partial charge in [-0.2, -0.15) is 0 Å². The second kappa shape index (κ2) is 2.67. The lowest BCUT2D eigenvalue weighted by atomic mass is 9.73. The van der Waals surface area contributed by atoms with E-state index in [1.807, 2.05) is 0 Å². The molecule has 4 nitrogen and oxygen atoms in total. The van der Waals surface area contributed by atoms with Gasteiger partial charge in [0.1, 0.15) is 6.61 Å². The van der Waals surface area contributed by atoms with Gasteiger partial charge in [0.2, 0.25) is 5.60 Å². The summed E-state index contributed by atoms with van der Waals surface area (Å²) < 4.78 is 10.2. The molecule has 0 aromatic heterocycles. The lowest BCUT2D eigenvalue weighted by Gasteiger charge is -2.30. The molecular weight excluding hydrogens is 184 g/mol. The first kappa shape index (κ1) is 9.40. The average molecular weight is 196 g/mol. The Balaban J connectivity index is 2.53. The van der Waals surface area contributed by atoms with Crippen LogP contribution in [0, 0.1) is 5.41 Å². The lowest BCUT2D eigenvalue weighted by Crippen LogP contribution is -2.52. The number of carbonyl (C=O) groups is 2. The van der Waals surface area contributed by atoms with Crippen LogP contribution in [0.1, 0.15) is 13.3 Å². The van der Waals surface area contributed by atoms with E-state index < -0.39 is 17.0 Å². The molecule has 0 aromatic rings. The van der Waals surface area contributed by atoms with E-state index in [9.17, 15) is 9.59 Å². The molecule has 0 amide bonds. The first-order valence-corrected chi connectivity index (χ1v) is 4.55. The van der Waals surface area contributed by atoms with Crippen LogP contribution in [0.25, 0.3) is 0 Å². The van der Waals surface area contributed by atoms with Gasteiger partial charge in [-0.3, -0.25) is 4.79 Å². The Bertz CT molecular complexity index is 312. The van der Waals surface area contributed by atoms with Crippen LogP contribution in [0.4, 0.5) is 0 Å². The van der Waals surface area contributed by atoms with E-state index in [0.717, 1.165) is 0 Å². The van der Waals surface area contributed by atoms with Crippen molar-refractivity contribution < 1.29 is 19.1 Å². The van der Waals surface area contributed by atoms with Crippen molar-refractivity contribution in [3.8, 4) is 0 Å². The molecule has 2 aliphatic heterocycles. The van der Waals surface area contributed by atoms with Crippen LogP contribution in [-0.4, -0.2) is 30.6 Å². The van der Waals surface area contributed by atoms with Crippen LogP contribution in [0.2, 0.25) is 0 Å². The number of ether oxygens (including phenoxy) is 2. The van der Waals surface area contributed by atoms with Gasteiger partial charge in [0.25, 0.3) is 0 Å². The lowest BCUT2D eigenvalue weighted by molar-refractivity contribution is -0.161. The summed E-state index contributed by atoms with van der Waals surface area (Å²) in [7, 11) is 0. The van der Waals surface area contributed by atoms with Crippen LogP contribution >= 0.6 is 0 Å². The Hall–Kier alpha value is -1.16. The molecule has 14 heavy (non-hydrogen) atoms. The minimum atomic E-state index is -1.41. The normalized spacial score (nSPS) is 41.8. The molecule has 0 N–H and O–H groups in total. The summed E-state index contributed by atoms with van der Waals surface area (Å²) >= 11 is 0. The maximum absolute atomic E-state index is 11.7. The van der Waals surface area contributed by atoms with E-state index in [1.165, 1.54) is 0 Å². The highest BCUT2D eigenvalue weighted by Crippen LogP contribution is 2.46. The van der Waals surface area contributed by atoms with E-state index in [4.69, 9.17) is 9.47 Å². The van der Waals surface area contributed by atoms with Gasteiger partial charge >= 0.3 is 5.97 Å². The average Bonchev–Trinajstić information content (AvgIpc) is 2.67. The molecule has 2 saturated heterocycles. The molecule has 2 aliphatic rings. The molecule has 0 aromatic carbocycles. The molecule has 0 bridgehead atoms. The van der Waals surface area contributed by atoms with E-state index >= 15 is 0 Å². The van der Waals surface area contributed by atoms with Gasteiger partial charge in [-0.25, -0.2) is 4.79 Å². The number of Topliss-reactive ketones (excluding diaryl/α,β-unsaturated/α-hetero) is 1. The van der Waals surface area contributed by atoms with Gasteiger partial charge in [0, 0.05) is 6.42 Å². The zero-order valence-electron chi connectivity index (χ0n) is 8.04. The second-order valence-electron chi connectivity index (χ2n) is 3.90. The molecule has 1 spiro atoms. The van der Waals surface area contributed by atoms with Crippen LogP contribution in [-0.2, 0) is 19.1 Å². The third-order valence-corrected chi connectivity index (χ3v) is 3.09. The molecule has 0 unspecified atom stereocenters. The summed E-state index contributed by atoms with van der Waals surface area (Å²) in [6, 6.07) is 0. The number of rotatable bonds is 1. The maximum Gasteiger partial charge on any atom is 0.347 e. The predicted molar refractivity (Wildman–Crippen MR) is 47.6 cm³/mol. The van der Waals surface area contributed by atoms with Crippen LogP contribution in [0.5, 0.6) is 0 Å². The predicted octanol–water partition coefficient (Wildman–Crippen LogP) is 0.464. The fourth-order valence-corrected chi connectivity index (χ4v) is 2.06. The highest BCUT2D eigenvalue weighted by atomic mass is 16.6. The summed E-state index contributed by atoms with van der Waals surface area (Å²) in [5, 5.41) is 0. The Morgan fingerprint density at radius 1 is 1.50 bits per heavy atom. The van der Waals surface area contributed by atoms with Gasteiger partial charge in [-0.1, -0.05) is 6.08 Å². The van der Waals surface area contributed by atoms with E-state index in [0.29, 0.717) is 0 Å². The molecule has 2 atom stereocenters. The maximum atomic E-state index is 11.7. The Morgan fingerprint density at radius 3 is 2.71 bits per heavy atom. The number of carbonyl (C=O) groups excluding carboxylic acids is 2. The van der Waals surface area contributed by atoms with E-state index in [-0.39, 0.29) is 25.4 Å². The van der Waals surface area contributed by atoms with E-state index in [1.54, 1.807) is 13.0 Å². The number of hydrogen-bond donors (Lipinski definition) is 0. The summed E-state index contributed by atoms with van der Waals surface area (Å²) in [6.07, 6.45) is 1.85. The van der Waals surface area contributed by atoms with E-state index in [2.05, 4.69) is 6.58 Å². The van der Waals surface area contributed by atoms with Gasteiger partial charge in [-0.05, 0) is 6.92 Å². The standard InChI is InChI=1S/C10H12O4/c1-3-9(2)6-13-8(12)10(9)7(11)4-5-14-10/h3H,1,4-6H2,2H3/t9-,10-/m1/s1. The summed E-state index contributed by atoms with van der Waals surface area (Å²) in [5.74, 6) is -0.759. The van der Waals surface area contributed by atoms with Crippen LogP contribution in [0.15, 0.2) is 12.7 Å². The minimum absolute atomic E-state index is 0.168. The number of cyclic esters (lactones) is 1. The van der Waals surface area contributed by atoms with Gasteiger partial charge < -0.3 is 9.47 Å². The largest absolute Gasteiger partial charge is 0.462 e. The first-order valence-electron chi connectivity index (χ1n) is 4.55. The van der Waals surface area contributed by atoms with Gasteiger partial charge in [-0.15, -0.1) is 6.58 Å². The summed E-state index contributed by atoms with van der Waals surface area (Å²) in [5.41, 5.74) is -2.13. The van der Waals surface area contributed by atoms with Gasteiger partial charge in [0.15, 0.2) is 5.78 Å². The number of esters is 1. The molecule has 76 valence electrons. The molecule has 2 heterocycles. The molecule has 2 rings (SSSR count). The molecule has 0 saturated carbocycles. The third-order valence-electron chi connectivity index (χ3n) is 3.09. The first-order chi connectivity index (χ1) is 6.57. The summed E-state index contributed by atoms with van der Waals surface area (Å²) in [6.45, 7) is 5.85. The van der Waals surface area contributed by atoms with Crippen molar-refractivity contribution in [1.29, 1.82) is 0 Å². The third kappa shape index (κ3) is 0.817. The fourth-order valence-electron chi connectivity index (χ4n) is 2.06. The highest BCUT2D eigenvalue weighted by molar-refractivity contribution is 6.11. The number of hydrogen-bond acceptors (Lipinski definition) is 4. The highest BCUT2D eigenvalue weighted by Gasteiger charge is 2.66. The van der Waals surface area contributed by atoms with Crippen LogP contribution < -0.4 is 0 Å². The second-order valence-corrected chi connectivity index (χ2v) is 3.90. The molecular formula is C10H12O4. The zero-order chi connectivity index (χ0) is 10.4. The Kier molecular flexibility index (Phi) is 1.79. The smallest absolute Gasteiger partial charge is 0.347 e. The fraction of sp³-hybridized carbons (Fsp3) is 0.600. The van der Waals surface area contributed by atoms with Crippen molar-refractivity contribution in [2.75, 3.05) is 13.2 Å². The van der Waals surface area contributed by atoms with Crippen molar-refractivity contribution in [3.63, 3.8) is 0 Å². The SMILES string of the molecule is C=C[C@]1(C)COC(=O)[C@@]12OCCC2=O. The minimum Gasteiger partial charge on any atom is -0.462 e. The molecule has 4 heteroatoms. The molecule has 0 radical (unpaired) electrons. The Labute approximate surface area is 81.9 Å². The molecule has 0 aliphatic carbocycles. The monoisotopic (exact) mass is 196 g/mol. The quantitative estimate of drug-likeness (QED) is 0.347. The van der Waals surface area contributed by atoms with Crippen molar-refractivity contribution >= 4 is 11.8 Å². The van der Waals surface area contributed by atoms with Crippen molar-refractivity contribution in [2.24, 2.45) is 5.41 Å².